The molecule has 1 heterocycles. The van der Waals surface area contributed by atoms with E-state index in [-0.39, 0.29) is 37.1 Å². The quantitative estimate of drug-likeness (QED) is 0.179. The summed E-state index contributed by atoms with van der Waals surface area (Å²) in [6.07, 6.45) is 1.80. The summed E-state index contributed by atoms with van der Waals surface area (Å²) < 4.78 is 10.4. The lowest BCUT2D eigenvalue weighted by Gasteiger charge is -2.27. The van der Waals surface area contributed by atoms with E-state index in [2.05, 4.69) is 16.0 Å². The molecule has 4 atom stereocenters. The van der Waals surface area contributed by atoms with Crippen LogP contribution >= 0.6 is 0 Å². The Hall–Kier alpha value is -4.73. The molecule has 3 N–H and O–H groups in total. The van der Waals surface area contributed by atoms with Crippen molar-refractivity contribution in [3.63, 3.8) is 0 Å². The van der Waals surface area contributed by atoms with Gasteiger partial charge in [-0.15, -0.1) is 0 Å². The summed E-state index contributed by atoms with van der Waals surface area (Å²) in [6, 6.07) is 21.3. The number of esters is 1. The van der Waals surface area contributed by atoms with E-state index >= 15 is 0 Å². The third-order valence-electron chi connectivity index (χ3n) is 8.77. The first-order valence-electron chi connectivity index (χ1n) is 16.8. The standard InChI is InChI=1S/C38H47N3O7/c1-25(2)21-30(36(44)40-33(37(45)47-3)22-29-16-10-20-39-35(29)43)23-34(42)32(41-38(46)48-24-26-11-5-4-6-12-26)19-18-28-15-9-14-27-13-7-8-17-31(27)28/h4-9,11-15,17,25,29-30,32-33H,10,16,18-24H2,1-3H3,(H,39,43)(H,40,44)(H,41,46)/t29-,30+,32-,33-/m0/s1. The fraction of sp³-hybridized carbons (Fsp3) is 0.447. The van der Waals surface area contributed by atoms with E-state index in [0.29, 0.717) is 32.2 Å². The minimum absolute atomic E-state index is 0.0449. The first-order chi connectivity index (χ1) is 23.1. The maximum Gasteiger partial charge on any atom is 0.408 e. The summed E-state index contributed by atoms with van der Waals surface area (Å²) in [5, 5.41) is 10.5. The van der Waals surface area contributed by atoms with Crippen LogP contribution in [0.4, 0.5) is 4.79 Å². The molecule has 256 valence electrons. The number of carbonyl (C=O) groups is 5. The first-order valence-corrected chi connectivity index (χ1v) is 16.8. The van der Waals surface area contributed by atoms with Crippen LogP contribution in [-0.2, 0) is 41.7 Å². The molecule has 0 aliphatic carbocycles. The predicted octanol–water partition coefficient (Wildman–Crippen LogP) is 5.26. The Balaban J connectivity index is 1.50. The lowest BCUT2D eigenvalue weighted by molar-refractivity contribution is -0.146. The fourth-order valence-electron chi connectivity index (χ4n) is 6.26. The Labute approximate surface area is 282 Å². The number of hydrogen-bond donors (Lipinski definition) is 3. The van der Waals surface area contributed by atoms with E-state index in [1.54, 1.807) is 0 Å². The average molecular weight is 658 g/mol. The molecule has 48 heavy (non-hydrogen) atoms. The van der Waals surface area contributed by atoms with E-state index in [0.717, 1.165) is 28.3 Å². The number of benzene rings is 3. The Morgan fingerprint density at radius 1 is 0.917 bits per heavy atom. The normalized spacial score (nSPS) is 16.3. The second-order valence-corrected chi connectivity index (χ2v) is 12.9. The van der Waals surface area contributed by atoms with Crippen molar-refractivity contribution in [1.29, 1.82) is 0 Å². The van der Waals surface area contributed by atoms with Crippen LogP contribution in [0.2, 0.25) is 0 Å². The monoisotopic (exact) mass is 657 g/mol. The molecule has 0 saturated carbocycles. The van der Waals surface area contributed by atoms with Gasteiger partial charge < -0.3 is 25.4 Å². The molecule has 0 bridgehead atoms. The first kappa shape index (κ1) is 36.1. The van der Waals surface area contributed by atoms with Gasteiger partial charge in [-0.25, -0.2) is 9.59 Å². The number of ketones is 1. The Morgan fingerprint density at radius 2 is 1.65 bits per heavy atom. The molecule has 3 aromatic carbocycles. The number of nitrogens with one attached hydrogen (secondary N) is 3. The number of hydrogen-bond acceptors (Lipinski definition) is 7. The van der Waals surface area contributed by atoms with Crippen molar-refractivity contribution in [3.8, 4) is 0 Å². The zero-order chi connectivity index (χ0) is 34.5. The molecule has 10 nitrogen and oxygen atoms in total. The number of aryl methyl sites for hydroxylation is 1. The minimum atomic E-state index is -1.03. The van der Waals surface area contributed by atoms with E-state index in [9.17, 15) is 24.0 Å². The van der Waals surface area contributed by atoms with Crippen molar-refractivity contribution in [1.82, 2.24) is 16.0 Å². The van der Waals surface area contributed by atoms with E-state index in [1.807, 2.05) is 86.6 Å². The van der Waals surface area contributed by atoms with Crippen molar-refractivity contribution in [2.75, 3.05) is 13.7 Å². The molecular weight excluding hydrogens is 610 g/mol. The van der Waals surface area contributed by atoms with Crippen LogP contribution in [0.1, 0.15) is 63.5 Å². The van der Waals surface area contributed by atoms with Gasteiger partial charge in [0, 0.05) is 24.8 Å². The van der Waals surface area contributed by atoms with Crippen LogP contribution in [0.5, 0.6) is 0 Å². The van der Waals surface area contributed by atoms with Crippen LogP contribution in [0.3, 0.4) is 0 Å². The molecule has 0 aromatic heterocycles. The predicted molar refractivity (Wildman–Crippen MR) is 183 cm³/mol. The largest absolute Gasteiger partial charge is 0.467 e. The summed E-state index contributed by atoms with van der Waals surface area (Å²) in [4.78, 5) is 65.8. The molecule has 1 aliphatic heterocycles. The van der Waals surface area contributed by atoms with Crippen molar-refractivity contribution in [2.45, 2.75) is 77.5 Å². The third kappa shape index (κ3) is 10.7. The average Bonchev–Trinajstić information content (AvgIpc) is 3.09. The number of alkyl carbamates (subject to hydrolysis) is 1. The molecule has 3 amide bonds. The Kier molecular flexibility index (Phi) is 13.5. The number of amides is 3. The zero-order valence-electron chi connectivity index (χ0n) is 28.0. The lowest BCUT2D eigenvalue weighted by atomic mass is 9.87. The van der Waals surface area contributed by atoms with Gasteiger partial charge in [0.1, 0.15) is 12.6 Å². The summed E-state index contributed by atoms with van der Waals surface area (Å²) in [5.74, 6) is -2.72. The number of rotatable bonds is 16. The van der Waals surface area contributed by atoms with E-state index in [4.69, 9.17) is 9.47 Å². The molecule has 10 heteroatoms. The van der Waals surface area contributed by atoms with Gasteiger partial charge in [-0.3, -0.25) is 14.4 Å². The van der Waals surface area contributed by atoms with Crippen LogP contribution in [0.25, 0.3) is 10.8 Å². The van der Waals surface area contributed by atoms with Gasteiger partial charge in [0.25, 0.3) is 0 Å². The third-order valence-corrected chi connectivity index (χ3v) is 8.77. The second-order valence-electron chi connectivity index (χ2n) is 12.9. The highest BCUT2D eigenvalue weighted by atomic mass is 16.5. The molecule has 0 radical (unpaired) electrons. The van der Waals surface area contributed by atoms with Crippen LogP contribution in [-0.4, -0.2) is 55.4 Å². The molecule has 1 fully saturated rings. The number of Topliss-reactive ketones (excluding diaryl/α,β-unsaturated/α-hetero) is 1. The lowest BCUT2D eigenvalue weighted by Crippen LogP contribution is -2.49. The number of carbonyl (C=O) groups excluding carboxylic acids is 5. The highest BCUT2D eigenvalue weighted by Gasteiger charge is 2.34. The highest BCUT2D eigenvalue weighted by Crippen LogP contribution is 2.24. The molecular formula is C38H47N3O7. The summed E-state index contributed by atoms with van der Waals surface area (Å²) in [5.41, 5.74) is 1.85. The van der Waals surface area contributed by atoms with E-state index < -0.39 is 41.9 Å². The van der Waals surface area contributed by atoms with Crippen molar-refractivity contribution >= 4 is 40.4 Å². The maximum atomic E-state index is 14.0. The van der Waals surface area contributed by atoms with Gasteiger partial charge in [-0.1, -0.05) is 86.6 Å². The van der Waals surface area contributed by atoms with Crippen molar-refractivity contribution in [3.05, 3.63) is 83.9 Å². The molecule has 3 aromatic rings. The Morgan fingerprint density at radius 3 is 2.38 bits per heavy atom. The second kappa shape index (κ2) is 18.0. The van der Waals surface area contributed by atoms with Gasteiger partial charge in [0.15, 0.2) is 5.78 Å². The van der Waals surface area contributed by atoms with Crippen molar-refractivity contribution < 1.29 is 33.4 Å². The van der Waals surface area contributed by atoms with Crippen LogP contribution < -0.4 is 16.0 Å². The fourth-order valence-corrected chi connectivity index (χ4v) is 6.26. The van der Waals surface area contributed by atoms with Crippen LogP contribution in [0.15, 0.2) is 72.8 Å². The van der Waals surface area contributed by atoms with Gasteiger partial charge in [-0.2, -0.15) is 0 Å². The summed E-state index contributed by atoms with van der Waals surface area (Å²) in [6.45, 7) is 4.53. The number of methoxy groups -OCH3 is 1. The maximum absolute atomic E-state index is 14.0. The minimum Gasteiger partial charge on any atom is -0.467 e. The van der Waals surface area contributed by atoms with Gasteiger partial charge in [-0.05, 0) is 66.3 Å². The molecule has 1 aliphatic rings. The molecule has 1 saturated heterocycles. The van der Waals surface area contributed by atoms with Gasteiger partial charge in [0.2, 0.25) is 11.8 Å². The summed E-state index contributed by atoms with van der Waals surface area (Å²) >= 11 is 0. The van der Waals surface area contributed by atoms with E-state index in [1.165, 1.54) is 7.11 Å². The topological polar surface area (TPSA) is 140 Å². The molecule has 4 rings (SSSR count). The van der Waals surface area contributed by atoms with Crippen LogP contribution in [0, 0.1) is 17.8 Å². The number of piperidine rings is 1. The molecule has 0 unspecified atom stereocenters. The van der Waals surface area contributed by atoms with Gasteiger partial charge in [0.05, 0.1) is 13.2 Å². The Bertz CT molecular complexity index is 1550. The SMILES string of the molecule is COC(=O)[C@H](C[C@@H]1CCCNC1=O)NC(=O)[C@@H](CC(=O)[C@H](CCc1cccc2ccccc12)NC(=O)OCc1ccccc1)CC(C)C. The molecule has 0 spiro atoms. The smallest absolute Gasteiger partial charge is 0.408 e. The zero-order valence-corrected chi connectivity index (χ0v) is 28.0. The summed E-state index contributed by atoms with van der Waals surface area (Å²) in [7, 11) is 1.24. The number of fused-ring (bicyclic) bond motifs is 1. The van der Waals surface area contributed by atoms with Crippen molar-refractivity contribution in [2.24, 2.45) is 17.8 Å². The highest BCUT2D eigenvalue weighted by molar-refractivity contribution is 5.93. The number of ether oxygens (including phenoxy) is 2. The van der Waals surface area contributed by atoms with Gasteiger partial charge >= 0.3 is 12.1 Å².